The Morgan fingerprint density at radius 2 is 1.61 bits per heavy atom. The van der Waals surface area contributed by atoms with Gasteiger partial charge in [0.05, 0.1) is 5.41 Å². The smallest absolute Gasteiger partial charge is 0.318 e. The minimum absolute atomic E-state index is 0.0164. The molecule has 3 aromatic rings. The fraction of sp³-hybridized carbons (Fsp3) is 0.424. The van der Waals surface area contributed by atoms with Crippen molar-refractivity contribution in [1.29, 1.82) is 0 Å². The van der Waals surface area contributed by atoms with Crippen molar-refractivity contribution in [3.8, 4) is 0 Å². The quantitative estimate of drug-likeness (QED) is 0.398. The van der Waals surface area contributed by atoms with Crippen LogP contribution >= 0.6 is 0 Å². The maximum absolute atomic E-state index is 14.3. The molecular weight excluding hydrogens is 514 g/mol. The van der Waals surface area contributed by atoms with Crippen LogP contribution < -0.4 is 16.0 Å². The Kier molecular flexibility index (Phi) is 9.19. The molecule has 0 spiro atoms. The molecule has 3 aromatic carbocycles. The SMILES string of the molecule is CCNC(=O)[C@]1(Cc2ccccc2)CCCN(C(=O)[C@@H](Cc2ccc3ccccc3c2)NC(=O)N2CCNCC2)C1. The second-order valence-corrected chi connectivity index (χ2v) is 11.3. The van der Waals surface area contributed by atoms with E-state index in [1.54, 1.807) is 4.90 Å². The van der Waals surface area contributed by atoms with E-state index in [4.69, 9.17) is 0 Å². The molecule has 3 N–H and O–H groups in total. The summed E-state index contributed by atoms with van der Waals surface area (Å²) < 4.78 is 0. The standard InChI is InChI=1S/C33H41N5O3/c1-2-35-31(40)33(23-25-9-4-3-5-10-25)15-8-18-38(24-33)30(39)29(36-32(41)37-19-16-34-17-20-37)22-26-13-14-27-11-6-7-12-28(27)21-26/h3-7,9-14,21,29,34H,2,8,15-20,22-24H2,1H3,(H,35,40)(H,36,41)/t29-,33+/m1/s1. The first-order valence-electron chi connectivity index (χ1n) is 14.8. The minimum atomic E-state index is -0.736. The highest BCUT2D eigenvalue weighted by Gasteiger charge is 2.44. The number of carbonyl (C=O) groups is 3. The third-order valence-electron chi connectivity index (χ3n) is 8.35. The summed E-state index contributed by atoms with van der Waals surface area (Å²) >= 11 is 0. The van der Waals surface area contributed by atoms with Gasteiger partial charge in [0.1, 0.15) is 6.04 Å². The molecule has 4 amide bonds. The topological polar surface area (TPSA) is 93.8 Å². The molecule has 5 rings (SSSR count). The lowest BCUT2D eigenvalue weighted by atomic mass is 9.74. The van der Waals surface area contributed by atoms with Gasteiger partial charge in [-0.15, -0.1) is 0 Å². The van der Waals surface area contributed by atoms with Gasteiger partial charge < -0.3 is 25.8 Å². The molecule has 8 nitrogen and oxygen atoms in total. The zero-order chi connectivity index (χ0) is 28.7. The summed E-state index contributed by atoms with van der Waals surface area (Å²) in [6.07, 6.45) is 2.38. The van der Waals surface area contributed by atoms with E-state index in [0.717, 1.165) is 41.4 Å². The van der Waals surface area contributed by atoms with E-state index in [0.29, 0.717) is 52.0 Å². The number of likely N-dealkylation sites (tertiary alicyclic amines) is 1. The number of hydrogen-bond acceptors (Lipinski definition) is 4. The van der Waals surface area contributed by atoms with Crippen LogP contribution in [0.2, 0.25) is 0 Å². The Bertz CT molecular complexity index is 1360. The molecule has 0 aliphatic carbocycles. The van der Waals surface area contributed by atoms with Crippen molar-refractivity contribution in [2.45, 2.75) is 38.6 Å². The first-order valence-corrected chi connectivity index (χ1v) is 14.8. The predicted molar refractivity (Wildman–Crippen MR) is 161 cm³/mol. The Hall–Kier alpha value is -3.91. The lowest BCUT2D eigenvalue weighted by Crippen LogP contribution is -2.60. The Labute approximate surface area is 242 Å². The van der Waals surface area contributed by atoms with Crippen molar-refractivity contribution < 1.29 is 14.4 Å². The van der Waals surface area contributed by atoms with Gasteiger partial charge in [-0.05, 0) is 48.1 Å². The van der Waals surface area contributed by atoms with Gasteiger partial charge in [-0.1, -0.05) is 72.8 Å². The molecule has 2 aliphatic heterocycles. The van der Waals surface area contributed by atoms with Crippen LogP contribution in [0.1, 0.15) is 30.9 Å². The number of benzene rings is 3. The lowest BCUT2D eigenvalue weighted by molar-refractivity contribution is -0.142. The molecule has 2 fully saturated rings. The molecule has 0 saturated carbocycles. The predicted octanol–water partition coefficient (Wildman–Crippen LogP) is 3.35. The Morgan fingerprint density at radius 3 is 2.37 bits per heavy atom. The summed E-state index contributed by atoms with van der Waals surface area (Å²) in [6, 6.07) is 23.4. The van der Waals surface area contributed by atoms with Crippen molar-refractivity contribution in [2.24, 2.45) is 5.41 Å². The van der Waals surface area contributed by atoms with E-state index < -0.39 is 11.5 Å². The van der Waals surface area contributed by atoms with Gasteiger partial charge in [0.25, 0.3) is 0 Å². The van der Waals surface area contributed by atoms with Crippen molar-refractivity contribution in [2.75, 3.05) is 45.8 Å². The van der Waals surface area contributed by atoms with E-state index in [2.05, 4.69) is 40.2 Å². The Morgan fingerprint density at radius 1 is 0.878 bits per heavy atom. The number of piperazine rings is 1. The van der Waals surface area contributed by atoms with Crippen LogP contribution in [-0.4, -0.2) is 79.5 Å². The van der Waals surface area contributed by atoms with E-state index in [1.165, 1.54) is 0 Å². The van der Waals surface area contributed by atoms with Crippen LogP contribution in [-0.2, 0) is 22.4 Å². The van der Waals surface area contributed by atoms with Crippen LogP contribution in [0, 0.1) is 5.41 Å². The molecule has 0 aromatic heterocycles. The van der Waals surface area contributed by atoms with Crippen molar-refractivity contribution in [3.05, 3.63) is 83.9 Å². The molecule has 0 unspecified atom stereocenters. The van der Waals surface area contributed by atoms with Gasteiger partial charge in [0, 0.05) is 52.2 Å². The molecule has 41 heavy (non-hydrogen) atoms. The fourth-order valence-corrected chi connectivity index (χ4v) is 6.19. The molecule has 2 aliphatic rings. The average molecular weight is 556 g/mol. The molecular formula is C33H41N5O3. The number of fused-ring (bicyclic) bond motifs is 1. The summed E-state index contributed by atoms with van der Waals surface area (Å²) in [5.41, 5.74) is 1.34. The number of rotatable bonds is 8. The normalized spacial score (nSPS) is 19.9. The third-order valence-corrected chi connectivity index (χ3v) is 8.35. The summed E-state index contributed by atoms with van der Waals surface area (Å²) in [6.45, 7) is 6.01. The number of carbonyl (C=O) groups excluding carboxylic acids is 3. The zero-order valence-electron chi connectivity index (χ0n) is 23.9. The highest BCUT2D eigenvalue weighted by atomic mass is 16.2. The summed E-state index contributed by atoms with van der Waals surface area (Å²) in [5.74, 6) is -0.152. The first-order chi connectivity index (χ1) is 20.0. The van der Waals surface area contributed by atoms with Gasteiger partial charge in [0.15, 0.2) is 0 Å². The molecule has 2 atom stereocenters. The van der Waals surface area contributed by atoms with E-state index in [9.17, 15) is 14.4 Å². The van der Waals surface area contributed by atoms with Crippen molar-refractivity contribution >= 4 is 28.6 Å². The number of nitrogens with one attached hydrogen (secondary N) is 3. The number of hydrogen-bond donors (Lipinski definition) is 3. The van der Waals surface area contributed by atoms with Crippen molar-refractivity contribution in [1.82, 2.24) is 25.8 Å². The van der Waals surface area contributed by atoms with E-state index >= 15 is 0 Å². The van der Waals surface area contributed by atoms with Gasteiger partial charge in [-0.2, -0.15) is 0 Å². The number of piperidine rings is 1. The molecule has 0 radical (unpaired) electrons. The second kappa shape index (κ2) is 13.2. The van der Waals surface area contributed by atoms with Gasteiger partial charge in [-0.25, -0.2) is 4.79 Å². The van der Waals surface area contributed by atoms with Gasteiger partial charge >= 0.3 is 6.03 Å². The van der Waals surface area contributed by atoms with Gasteiger partial charge in [-0.3, -0.25) is 9.59 Å². The Balaban J connectivity index is 1.40. The average Bonchev–Trinajstić information content (AvgIpc) is 3.01. The molecule has 2 heterocycles. The first kappa shape index (κ1) is 28.6. The summed E-state index contributed by atoms with van der Waals surface area (Å²) in [5, 5.41) is 11.6. The van der Waals surface area contributed by atoms with Crippen molar-refractivity contribution in [3.63, 3.8) is 0 Å². The number of amides is 4. The van der Waals surface area contributed by atoms with Crippen LogP contribution in [0.3, 0.4) is 0 Å². The molecule has 2 saturated heterocycles. The lowest BCUT2D eigenvalue weighted by Gasteiger charge is -2.43. The monoisotopic (exact) mass is 555 g/mol. The maximum Gasteiger partial charge on any atom is 0.318 e. The highest BCUT2D eigenvalue weighted by Crippen LogP contribution is 2.35. The number of nitrogens with zero attached hydrogens (tertiary/aromatic N) is 2. The van der Waals surface area contributed by atoms with Crippen LogP contribution in [0.15, 0.2) is 72.8 Å². The fourth-order valence-electron chi connectivity index (χ4n) is 6.19. The van der Waals surface area contributed by atoms with E-state index in [-0.39, 0.29) is 17.8 Å². The minimum Gasteiger partial charge on any atom is -0.356 e. The van der Waals surface area contributed by atoms with Crippen LogP contribution in [0.25, 0.3) is 10.8 Å². The second-order valence-electron chi connectivity index (χ2n) is 11.3. The summed E-state index contributed by atoms with van der Waals surface area (Å²) in [4.78, 5) is 44.7. The summed E-state index contributed by atoms with van der Waals surface area (Å²) in [7, 11) is 0. The molecule has 216 valence electrons. The highest BCUT2D eigenvalue weighted by molar-refractivity contribution is 5.90. The van der Waals surface area contributed by atoms with E-state index in [1.807, 2.05) is 60.4 Å². The molecule has 8 heteroatoms. The van der Waals surface area contributed by atoms with Crippen LogP contribution in [0.4, 0.5) is 4.79 Å². The van der Waals surface area contributed by atoms with Crippen LogP contribution in [0.5, 0.6) is 0 Å². The molecule has 0 bridgehead atoms. The maximum atomic E-state index is 14.3. The largest absolute Gasteiger partial charge is 0.356 e. The zero-order valence-corrected chi connectivity index (χ0v) is 23.9. The number of urea groups is 1. The van der Waals surface area contributed by atoms with Gasteiger partial charge in [0.2, 0.25) is 11.8 Å². The third kappa shape index (κ3) is 6.88.